The minimum Gasteiger partial charge on any atom is -0.481 e. The molecule has 1 aliphatic carbocycles. The van der Waals surface area contributed by atoms with E-state index in [0.29, 0.717) is 5.56 Å². The van der Waals surface area contributed by atoms with E-state index >= 15 is 0 Å². The van der Waals surface area contributed by atoms with Gasteiger partial charge in [0, 0.05) is 5.56 Å². The summed E-state index contributed by atoms with van der Waals surface area (Å²) in [5.74, 6) is -1.01. The first-order valence-electron chi connectivity index (χ1n) is 6.19. The number of hydrogen-bond donors (Lipinski definition) is 2. The number of carbonyl (C=O) groups excluding carboxylic acids is 1. The zero-order valence-electron chi connectivity index (χ0n) is 10.3. The molecule has 0 aromatic heterocycles. The number of hydrogen-bond acceptors (Lipinski definition) is 2. The van der Waals surface area contributed by atoms with Crippen molar-refractivity contribution in [2.24, 2.45) is 11.7 Å². The summed E-state index contributed by atoms with van der Waals surface area (Å²) in [6, 6.07) is 8.76. The van der Waals surface area contributed by atoms with Crippen LogP contribution >= 0.6 is 0 Å². The maximum absolute atomic E-state index is 10.4. The van der Waals surface area contributed by atoms with Gasteiger partial charge in [0.15, 0.2) is 0 Å². The summed E-state index contributed by atoms with van der Waals surface area (Å²) in [6.07, 6.45) is 5.24. The number of carboxylic acids is 1. The van der Waals surface area contributed by atoms with Gasteiger partial charge in [-0.1, -0.05) is 37.5 Å². The van der Waals surface area contributed by atoms with Crippen LogP contribution in [0.1, 0.15) is 42.5 Å². The highest BCUT2D eigenvalue weighted by molar-refractivity contribution is 5.92. The van der Waals surface area contributed by atoms with Crippen LogP contribution in [-0.2, 0) is 4.79 Å². The fourth-order valence-electron chi connectivity index (χ4n) is 1.95. The van der Waals surface area contributed by atoms with Crippen molar-refractivity contribution in [3.05, 3.63) is 35.9 Å². The van der Waals surface area contributed by atoms with Crippen LogP contribution in [-0.4, -0.2) is 17.0 Å². The molecule has 0 unspecified atom stereocenters. The second kappa shape index (κ2) is 7.48. The van der Waals surface area contributed by atoms with Gasteiger partial charge in [-0.2, -0.15) is 0 Å². The van der Waals surface area contributed by atoms with Crippen LogP contribution in [0.5, 0.6) is 0 Å². The van der Waals surface area contributed by atoms with Gasteiger partial charge in [0.25, 0.3) is 0 Å². The first kappa shape index (κ1) is 14.2. The SMILES string of the molecule is NC(=O)c1ccccc1.O=C(O)C1CCCCC1. The summed E-state index contributed by atoms with van der Waals surface area (Å²) < 4.78 is 0. The van der Waals surface area contributed by atoms with Crippen LogP contribution in [0.4, 0.5) is 0 Å². The van der Waals surface area contributed by atoms with Gasteiger partial charge in [0.1, 0.15) is 0 Å². The molecular weight excluding hydrogens is 230 g/mol. The third-order valence-corrected chi connectivity index (χ3v) is 3.01. The molecular formula is C14H19NO3. The average Bonchev–Trinajstić information content (AvgIpc) is 2.41. The number of carboxylic acid groups (broad SMARTS) is 1. The number of benzene rings is 1. The summed E-state index contributed by atoms with van der Waals surface area (Å²) in [7, 11) is 0. The van der Waals surface area contributed by atoms with E-state index < -0.39 is 5.97 Å². The molecule has 0 aliphatic heterocycles. The fourth-order valence-corrected chi connectivity index (χ4v) is 1.95. The van der Waals surface area contributed by atoms with Gasteiger partial charge in [-0.15, -0.1) is 0 Å². The molecule has 1 amide bonds. The van der Waals surface area contributed by atoms with Crippen LogP contribution in [0.2, 0.25) is 0 Å². The van der Waals surface area contributed by atoms with Crippen LogP contribution in [0.15, 0.2) is 30.3 Å². The van der Waals surface area contributed by atoms with E-state index in [4.69, 9.17) is 10.8 Å². The van der Waals surface area contributed by atoms with Gasteiger partial charge in [-0.3, -0.25) is 9.59 Å². The summed E-state index contributed by atoms with van der Waals surface area (Å²) in [4.78, 5) is 20.8. The Kier molecular flexibility index (Phi) is 5.91. The standard InChI is InChI=1S/C7H7NO.C7H12O2/c2*8-7(9)6-4-2-1-3-5-6/h1-5H,(H2,8,9);6H,1-5H2,(H,8,9). The Hall–Kier alpha value is -1.84. The molecule has 1 aromatic carbocycles. The number of primary amides is 1. The van der Waals surface area contributed by atoms with Crippen LogP contribution in [0.25, 0.3) is 0 Å². The Bertz CT molecular complexity index is 383. The predicted octanol–water partition coefficient (Wildman–Crippen LogP) is 2.44. The quantitative estimate of drug-likeness (QED) is 0.844. The van der Waals surface area contributed by atoms with Gasteiger partial charge >= 0.3 is 5.97 Å². The normalized spacial score (nSPS) is 15.3. The lowest BCUT2D eigenvalue weighted by molar-refractivity contribution is -0.142. The smallest absolute Gasteiger partial charge is 0.306 e. The van der Waals surface area contributed by atoms with E-state index in [-0.39, 0.29) is 11.8 Å². The predicted molar refractivity (Wildman–Crippen MR) is 69.2 cm³/mol. The van der Waals surface area contributed by atoms with Gasteiger partial charge in [-0.25, -0.2) is 0 Å². The van der Waals surface area contributed by atoms with Crippen molar-refractivity contribution in [2.75, 3.05) is 0 Å². The number of rotatable bonds is 2. The molecule has 2 rings (SSSR count). The maximum atomic E-state index is 10.4. The monoisotopic (exact) mass is 249 g/mol. The van der Waals surface area contributed by atoms with E-state index in [1.165, 1.54) is 6.42 Å². The maximum Gasteiger partial charge on any atom is 0.306 e. The molecule has 98 valence electrons. The van der Waals surface area contributed by atoms with Crippen molar-refractivity contribution in [3.8, 4) is 0 Å². The van der Waals surface area contributed by atoms with Crippen molar-refractivity contribution in [2.45, 2.75) is 32.1 Å². The molecule has 4 heteroatoms. The van der Waals surface area contributed by atoms with Gasteiger partial charge in [0.2, 0.25) is 5.91 Å². The molecule has 0 bridgehead atoms. The second-order valence-electron chi connectivity index (χ2n) is 4.40. The van der Waals surface area contributed by atoms with Gasteiger partial charge in [-0.05, 0) is 25.0 Å². The zero-order chi connectivity index (χ0) is 13.4. The highest BCUT2D eigenvalue weighted by atomic mass is 16.4. The summed E-state index contributed by atoms with van der Waals surface area (Å²) in [5, 5.41) is 8.54. The average molecular weight is 249 g/mol. The third-order valence-electron chi connectivity index (χ3n) is 3.01. The minimum absolute atomic E-state index is 0.0289. The number of nitrogens with two attached hydrogens (primary N) is 1. The summed E-state index contributed by atoms with van der Waals surface area (Å²) >= 11 is 0. The van der Waals surface area contributed by atoms with Crippen molar-refractivity contribution in [1.29, 1.82) is 0 Å². The summed E-state index contributed by atoms with van der Waals surface area (Å²) in [6.45, 7) is 0. The van der Waals surface area contributed by atoms with Crippen molar-refractivity contribution in [1.82, 2.24) is 0 Å². The lowest BCUT2D eigenvalue weighted by atomic mass is 9.90. The highest BCUT2D eigenvalue weighted by Gasteiger charge is 2.19. The fraction of sp³-hybridized carbons (Fsp3) is 0.429. The van der Waals surface area contributed by atoms with Crippen LogP contribution < -0.4 is 5.73 Å². The van der Waals surface area contributed by atoms with E-state index in [2.05, 4.69) is 0 Å². The molecule has 0 saturated heterocycles. The first-order chi connectivity index (χ1) is 8.61. The molecule has 3 N–H and O–H groups in total. The van der Waals surface area contributed by atoms with Gasteiger partial charge in [0.05, 0.1) is 5.92 Å². The highest BCUT2D eigenvalue weighted by Crippen LogP contribution is 2.23. The van der Waals surface area contributed by atoms with Gasteiger partial charge < -0.3 is 10.8 Å². The molecule has 1 aromatic rings. The molecule has 4 nitrogen and oxygen atoms in total. The van der Waals surface area contributed by atoms with Crippen molar-refractivity contribution < 1.29 is 14.7 Å². The Balaban J connectivity index is 0.000000180. The molecule has 0 heterocycles. The zero-order valence-corrected chi connectivity index (χ0v) is 10.3. The van der Waals surface area contributed by atoms with Crippen LogP contribution in [0, 0.1) is 5.92 Å². The first-order valence-corrected chi connectivity index (χ1v) is 6.19. The van der Waals surface area contributed by atoms with Crippen molar-refractivity contribution >= 4 is 11.9 Å². The molecule has 0 atom stereocenters. The number of aliphatic carboxylic acids is 1. The Morgan fingerprint density at radius 2 is 1.61 bits per heavy atom. The van der Waals surface area contributed by atoms with Crippen molar-refractivity contribution in [3.63, 3.8) is 0 Å². The molecule has 18 heavy (non-hydrogen) atoms. The van der Waals surface area contributed by atoms with E-state index in [1.807, 2.05) is 6.07 Å². The summed E-state index contributed by atoms with van der Waals surface area (Å²) in [5.41, 5.74) is 5.53. The number of amides is 1. The topological polar surface area (TPSA) is 80.4 Å². The Morgan fingerprint density at radius 3 is 1.94 bits per heavy atom. The Labute approximate surface area is 107 Å². The van der Waals surface area contributed by atoms with E-state index in [9.17, 15) is 9.59 Å². The van der Waals surface area contributed by atoms with E-state index in [0.717, 1.165) is 25.7 Å². The van der Waals surface area contributed by atoms with Crippen LogP contribution in [0.3, 0.4) is 0 Å². The minimum atomic E-state index is -0.602. The lowest BCUT2D eigenvalue weighted by Crippen LogP contribution is -2.16. The molecule has 1 saturated carbocycles. The Morgan fingerprint density at radius 1 is 1.06 bits per heavy atom. The molecule has 0 radical (unpaired) electrons. The molecule has 1 aliphatic rings. The second-order valence-corrected chi connectivity index (χ2v) is 4.40. The largest absolute Gasteiger partial charge is 0.481 e. The number of carbonyl (C=O) groups is 2. The third kappa shape index (κ3) is 4.99. The van der Waals surface area contributed by atoms with E-state index in [1.54, 1.807) is 24.3 Å². The molecule has 1 fully saturated rings. The molecule has 0 spiro atoms. The lowest BCUT2D eigenvalue weighted by Gasteiger charge is -2.16.